The monoisotopic (exact) mass is 490 g/mol. The van der Waals surface area contributed by atoms with Crippen LogP contribution in [0.5, 0.6) is 0 Å². The topological polar surface area (TPSA) is 90.9 Å². The summed E-state index contributed by atoms with van der Waals surface area (Å²) in [6.45, 7) is 15.2. The van der Waals surface area contributed by atoms with E-state index in [9.17, 15) is 9.59 Å². The van der Waals surface area contributed by atoms with Crippen molar-refractivity contribution in [2.45, 2.75) is 40.0 Å². The van der Waals surface area contributed by atoms with Gasteiger partial charge in [0.25, 0.3) is 0 Å². The second kappa shape index (κ2) is 9.54. The van der Waals surface area contributed by atoms with Crippen LogP contribution in [0.2, 0.25) is 0 Å². The molecule has 5 rings (SSSR count). The lowest BCUT2D eigenvalue weighted by atomic mass is 9.72. The molecule has 9 nitrogen and oxygen atoms in total. The predicted molar refractivity (Wildman–Crippen MR) is 137 cm³/mol. The van der Waals surface area contributed by atoms with Crippen molar-refractivity contribution in [3.8, 4) is 0 Å². The lowest BCUT2D eigenvalue weighted by Crippen LogP contribution is -2.72. The van der Waals surface area contributed by atoms with Gasteiger partial charge in [-0.3, -0.25) is 14.6 Å². The minimum Gasteiger partial charge on any atom is -0.444 e. The highest BCUT2D eigenvalue weighted by Crippen LogP contribution is 2.40. The minimum atomic E-state index is -0.363. The lowest BCUT2D eigenvalue weighted by molar-refractivity contribution is -0.154. The van der Waals surface area contributed by atoms with E-state index in [4.69, 9.17) is 4.74 Å². The number of rotatable bonds is 8. The van der Waals surface area contributed by atoms with Gasteiger partial charge < -0.3 is 15.0 Å². The van der Waals surface area contributed by atoms with Gasteiger partial charge in [-0.2, -0.15) is 4.98 Å². The number of hydrogen-bond donors (Lipinski definition) is 1. The van der Waals surface area contributed by atoms with Gasteiger partial charge in [0.05, 0.1) is 11.6 Å². The first-order valence-electron chi connectivity index (χ1n) is 12.5. The summed E-state index contributed by atoms with van der Waals surface area (Å²) < 4.78 is 5.26. The number of benzene rings is 1. The number of carbonyl (C=O) groups is 2. The molecule has 3 aliphatic heterocycles. The van der Waals surface area contributed by atoms with E-state index in [0.717, 1.165) is 43.9 Å². The molecule has 1 spiro atoms. The first-order valence-corrected chi connectivity index (χ1v) is 12.5. The maximum absolute atomic E-state index is 12.3. The molecular formula is C27H34N6O3. The van der Waals surface area contributed by atoms with Crippen LogP contribution < -0.4 is 10.2 Å². The zero-order valence-corrected chi connectivity index (χ0v) is 21.2. The number of fused-ring (bicyclic) bond motifs is 1. The largest absolute Gasteiger partial charge is 0.444 e. The SMILES string of the molecule is C=CC(=O)N1CC2(CN(Cc3ccc(C(C)Nc4ncc5c(n4)N(CC(C)C)C(=O)OC5)cc3)C2)C1. The van der Waals surface area contributed by atoms with E-state index >= 15 is 0 Å². The smallest absolute Gasteiger partial charge is 0.415 e. The molecule has 36 heavy (non-hydrogen) atoms. The molecule has 1 aromatic carbocycles. The van der Waals surface area contributed by atoms with E-state index in [2.05, 4.69) is 71.8 Å². The van der Waals surface area contributed by atoms with Crippen LogP contribution >= 0.6 is 0 Å². The van der Waals surface area contributed by atoms with Crippen LogP contribution in [0.25, 0.3) is 0 Å². The number of cyclic esters (lactones) is 1. The van der Waals surface area contributed by atoms with Gasteiger partial charge in [-0.25, -0.2) is 9.78 Å². The van der Waals surface area contributed by atoms with Crippen LogP contribution in [-0.2, 0) is 22.7 Å². The molecule has 2 aromatic rings. The fourth-order valence-electron chi connectivity index (χ4n) is 5.34. The number of aromatic nitrogens is 2. The average Bonchev–Trinajstić information content (AvgIpc) is 2.81. The number of hydrogen-bond acceptors (Lipinski definition) is 7. The van der Waals surface area contributed by atoms with E-state index in [-0.39, 0.29) is 30.1 Å². The van der Waals surface area contributed by atoms with Crippen molar-refractivity contribution in [2.75, 3.05) is 42.9 Å². The molecule has 3 aliphatic rings. The Morgan fingerprint density at radius 1 is 1.19 bits per heavy atom. The maximum atomic E-state index is 12.3. The molecule has 190 valence electrons. The molecule has 4 heterocycles. The second-order valence-corrected chi connectivity index (χ2v) is 10.8. The predicted octanol–water partition coefficient (Wildman–Crippen LogP) is 3.59. The molecule has 2 fully saturated rings. The quantitative estimate of drug-likeness (QED) is 0.566. The Balaban J connectivity index is 1.16. The van der Waals surface area contributed by atoms with Crippen molar-refractivity contribution >= 4 is 23.8 Å². The zero-order chi connectivity index (χ0) is 25.4. The highest BCUT2D eigenvalue weighted by molar-refractivity contribution is 5.89. The van der Waals surface area contributed by atoms with Crippen molar-refractivity contribution in [2.24, 2.45) is 11.3 Å². The Morgan fingerprint density at radius 3 is 2.58 bits per heavy atom. The van der Waals surface area contributed by atoms with Crippen LogP contribution in [0.3, 0.4) is 0 Å². The Labute approximate surface area is 212 Å². The summed E-state index contributed by atoms with van der Waals surface area (Å²) >= 11 is 0. The van der Waals surface area contributed by atoms with E-state index in [0.29, 0.717) is 24.2 Å². The third kappa shape index (κ3) is 4.80. The summed E-state index contributed by atoms with van der Waals surface area (Å²) in [7, 11) is 0. The third-order valence-corrected chi connectivity index (χ3v) is 7.10. The van der Waals surface area contributed by atoms with E-state index in [1.54, 1.807) is 11.1 Å². The second-order valence-electron chi connectivity index (χ2n) is 10.8. The van der Waals surface area contributed by atoms with Gasteiger partial charge in [0.15, 0.2) is 0 Å². The van der Waals surface area contributed by atoms with E-state index < -0.39 is 0 Å². The van der Waals surface area contributed by atoms with Crippen LogP contribution in [0.4, 0.5) is 16.6 Å². The van der Waals surface area contributed by atoms with Crippen molar-refractivity contribution in [1.29, 1.82) is 0 Å². The van der Waals surface area contributed by atoms with Gasteiger partial charge in [0, 0.05) is 50.9 Å². The molecule has 0 radical (unpaired) electrons. The average molecular weight is 491 g/mol. The Hall–Kier alpha value is -3.46. The number of amides is 2. The Kier molecular flexibility index (Phi) is 6.42. The Morgan fingerprint density at radius 2 is 1.92 bits per heavy atom. The molecule has 9 heteroatoms. The summed E-state index contributed by atoms with van der Waals surface area (Å²) in [5.74, 6) is 1.44. The summed E-state index contributed by atoms with van der Waals surface area (Å²) in [4.78, 5) is 39.0. The van der Waals surface area contributed by atoms with Crippen molar-refractivity contribution in [3.63, 3.8) is 0 Å². The molecule has 1 aromatic heterocycles. The first kappa shape index (κ1) is 24.2. The summed E-state index contributed by atoms with van der Waals surface area (Å²) in [5, 5.41) is 3.37. The number of anilines is 2. The number of ether oxygens (including phenoxy) is 1. The standard InChI is InChI=1S/C27H34N6O3/c1-5-23(34)32-16-27(17-32)14-31(15-27)12-20-6-8-21(9-7-20)19(4)29-25-28-10-22-13-36-26(35)33(11-18(2)3)24(22)30-25/h5-10,18-19H,1,11-17H2,2-4H3,(H,28,29,30). The van der Waals surface area contributed by atoms with Crippen LogP contribution in [0.1, 0.15) is 43.5 Å². The Bertz CT molecular complexity index is 1150. The van der Waals surface area contributed by atoms with Gasteiger partial charge in [0.1, 0.15) is 12.4 Å². The van der Waals surface area contributed by atoms with Gasteiger partial charge in [0.2, 0.25) is 11.9 Å². The molecule has 2 saturated heterocycles. The van der Waals surface area contributed by atoms with Crippen molar-refractivity contribution < 1.29 is 14.3 Å². The zero-order valence-electron chi connectivity index (χ0n) is 21.2. The van der Waals surface area contributed by atoms with Crippen molar-refractivity contribution in [1.82, 2.24) is 19.8 Å². The van der Waals surface area contributed by atoms with E-state index in [1.165, 1.54) is 11.6 Å². The molecular weight excluding hydrogens is 456 g/mol. The summed E-state index contributed by atoms with van der Waals surface area (Å²) in [6.07, 6.45) is 2.77. The summed E-state index contributed by atoms with van der Waals surface area (Å²) in [5.41, 5.74) is 3.50. The fourth-order valence-corrected chi connectivity index (χ4v) is 5.34. The van der Waals surface area contributed by atoms with Crippen LogP contribution in [0, 0.1) is 11.3 Å². The number of carbonyl (C=O) groups excluding carboxylic acids is 2. The highest BCUT2D eigenvalue weighted by Gasteiger charge is 2.52. The molecule has 2 amide bonds. The normalized spacial score (nSPS) is 19.3. The van der Waals surface area contributed by atoms with Crippen LogP contribution in [0.15, 0.2) is 43.1 Å². The lowest BCUT2D eigenvalue weighted by Gasteiger charge is -2.60. The van der Waals surface area contributed by atoms with Gasteiger partial charge in [-0.1, -0.05) is 44.7 Å². The number of nitrogens with one attached hydrogen (secondary N) is 1. The molecule has 0 saturated carbocycles. The fraction of sp³-hybridized carbons (Fsp3) is 0.481. The van der Waals surface area contributed by atoms with Gasteiger partial charge in [-0.05, 0) is 30.0 Å². The van der Waals surface area contributed by atoms with Gasteiger partial charge in [-0.15, -0.1) is 0 Å². The molecule has 0 bridgehead atoms. The van der Waals surface area contributed by atoms with Crippen LogP contribution in [-0.4, -0.2) is 64.5 Å². The maximum Gasteiger partial charge on any atom is 0.415 e. The minimum absolute atomic E-state index is 0.00169. The van der Waals surface area contributed by atoms with E-state index in [1.807, 2.05) is 4.90 Å². The number of nitrogens with zero attached hydrogens (tertiary/aromatic N) is 5. The first-order chi connectivity index (χ1) is 17.2. The van der Waals surface area contributed by atoms with Gasteiger partial charge >= 0.3 is 6.09 Å². The molecule has 0 aliphatic carbocycles. The number of likely N-dealkylation sites (tertiary alicyclic amines) is 2. The summed E-state index contributed by atoms with van der Waals surface area (Å²) in [6, 6.07) is 8.61. The molecule has 1 unspecified atom stereocenters. The third-order valence-electron chi connectivity index (χ3n) is 7.10. The van der Waals surface area contributed by atoms with Crippen molar-refractivity contribution in [3.05, 3.63) is 59.8 Å². The molecule has 1 atom stereocenters. The molecule has 1 N–H and O–H groups in total. The highest BCUT2D eigenvalue weighted by atomic mass is 16.6.